The summed E-state index contributed by atoms with van der Waals surface area (Å²) in [6.07, 6.45) is 0. The highest BCUT2D eigenvalue weighted by Gasteiger charge is 2.10. The Hall–Kier alpha value is -6.20. The monoisotopic (exact) mass is 738 g/mol. The van der Waals surface area contributed by atoms with Crippen molar-refractivity contribution in [2.75, 3.05) is 58.5 Å². The van der Waals surface area contributed by atoms with Crippen LogP contribution in [0.1, 0.15) is 5.56 Å². The number of para-hydroxylation sites is 2. The van der Waals surface area contributed by atoms with Gasteiger partial charge in [0, 0.05) is 48.6 Å². The van der Waals surface area contributed by atoms with Gasteiger partial charge < -0.3 is 33.5 Å². The summed E-state index contributed by atoms with van der Waals surface area (Å²) in [5.41, 5.74) is 10.3. The van der Waals surface area contributed by atoms with Gasteiger partial charge in [0.05, 0.1) is 37.2 Å². The minimum atomic E-state index is -0.0737. The summed E-state index contributed by atoms with van der Waals surface area (Å²) in [6, 6.07) is 40.3. The van der Waals surface area contributed by atoms with E-state index in [0.29, 0.717) is 97.7 Å². The Morgan fingerprint density at radius 1 is 0.509 bits per heavy atom. The third-order valence-electron chi connectivity index (χ3n) is 9.03. The molecule has 0 amide bonds. The first-order valence-corrected chi connectivity index (χ1v) is 18.2. The van der Waals surface area contributed by atoms with E-state index in [1.807, 2.05) is 97.1 Å². The SMILES string of the molecule is Nc1ccc(CN(CCOCCOc2ccc(-c3cc(=O)c4ccccc4o3)cc2)CCOCCOc2ccc(-c3cc(=O)c4ccccc4o3)cc2)cc1. The lowest BCUT2D eigenvalue weighted by Crippen LogP contribution is -2.31. The molecule has 0 saturated carbocycles. The van der Waals surface area contributed by atoms with Gasteiger partial charge >= 0.3 is 0 Å². The summed E-state index contributed by atoms with van der Waals surface area (Å²) >= 11 is 0. The molecule has 0 aliphatic heterocycles. The predicted octanol–water partition coefficient (Wildman–Crippen LogP) is 7.81. The number of ether oxygens (including phenoxy) is 4. The van der Waals surface area contributed by atoms with Gasteiger partial charge in [-0.25, -0.2) is 0 Å². The number of nitrogen functional groups attached to an aromatic ring is 1. The quantitative estimate of drug-likeness (QED) is 0.0688. The molecule has 7 aromatic rings. The molecule has 0 aliphatic rings. The fraction of sp³-hybridized carbons (Fsp3) is 0.200. The molecule has 0 fully saturated rings. The zero-order valence-electron chi connectivity index (χ0n) is 30.4. The summed E-state index contributed by atoms with van der Waals surface area (Å²) in [5.74, 6) is 2.43. The molecule has 0 radical (unpaired) electrons. The first kappa shape index (κ1) is 37.1. The average Bonchev–Trinajstić information content (AvgIpc) is 3.21. The Labute approximate surface area is 318 Å². The van der Waals surface area contributed by atoms with Crippen LogP contribution in [0.25, 0.3) is 44.6 Å². The molecule has 2 N–H and O–H groups in total. The molecular weight excluding hydrogens is 697 g/mol. The second-order valence-electron chi connectivity index (χ2n) is 12.9. The van der Waals surface area contributed by atoms with Gasteiger partial charge in [0.2, 0.25) is 0 Å². The van der Waals surface area contributed by atoms with Gasteiger partial charge in [0.1, 0.15) is 47.4 Å². The smallest absolute Gasteiger partial charge is 0.193 e. The van der Waals surface area contributed by atoms with Crippen molar-refractivity contribution >= 4 is 27.6 Å². The number of fused-ring (bicyclic) bond motifs is 2. The maximum Gasteiger partial charge on any atom is 0.193 e. The number of nitrogens with two attached hydrogens (primary N) is 1. The standard InChI is InChI=1S/C45H42N2O8/c46-35-15-9-32(10-16-35)31-47(21-23-50-25-27-52-36-17-11-33(12-18-36)44-29-40(48)38-5-1-3-7-42(38)54-44)22-24-51-26-28-53-37-19-13-34(14-20-37)45-30-41(49)39-6-2-4-8-43(39)55-45/h1-20,29-30H,21-28,31,46H2. The van der Waals surface area contributed by atoms with E-state index < -0.39 is 0 Å². The summed E-state index contributed by atoms with van der Waals surface area (Å²) in [6.45, 7) is 4.86. The van der Waals surface area contributed by atoms with Crippen LogP contribution in [-0.4, -0.2) is 57.6 Å². The fourth-order valence-electron chi connectivity index (χ4n) is 6.10. The molecule has 0 bridgehead atoms. The van der Waals surface area contributed by atoms with E-state index in [0.717, 1.165) is 28.9 Å². The lowest BCUT2D eigenvalue weighted by molar-refractivity contribution is 0.0534. The first-order valence-electron chi connectivity index (χ1n) is 18.2. The Morgan fingerprint density at radius 2 is 0.964 bits per heavy atom. The van der Waals surface area contributed by atoms with Crippen LogP contribution in [-0.2, 0) is 16.0 Å². The molecule has 0 unspecified atom stereocenters. The lowest BCUT2D eigenvalue weighted by atomic mass is 10.1. The molecule has 2 heterocycles. The zero-order valence-corrected chi connectivity index (χ0v) is 30.4. The van der Waals surface area contributed by atoms with Crippen molar-refractivity contribution in [1.82, 2.24) is 4.90 Å². The van der Waals surface area contributed by atoms with Crippen molar-refractivity contribution < 1.29 is 27.8 Å². The van der Waals surface area contributed by atoms with E-state index in [-0.39, 0.29) is 10.9 Å². The number of anilines is 1. The predicted molar refractivity (Wildman–Crippen MR) is 215 cm³/mol. The van der Waals surface area contributed by atoms with Gasteiger partial charge in [0.15, 0.2) is 10.9 Å². The van der Waals surface area contributed by atoms with Gasteiger partial charge in [-0.2, -0.15) is 0 Å². The van der Waals surface area contributed by atoms with Crippen molar-refractivity contribution in [2.45, 2.75) is 6.54 Å². The number of hydrogen-bond donors (Lipinski definition) is 1. The van der Waals surface area contributed by atoms with Crippen LogP contribution in [0.2, 0.25) is 0 Å². The van der Waals surface area contributed by atoms with E-state index in [9.17, 15) is 9.59 Å². The van der Waals surface area contributed by atoms with Crippen LogP contribution in [0.4, 0.5) is 5.69 Å². The summed E-state index contributed by atoms with van der Waals surface area (Å²) in [5, 5.41) is 1.12. The van der Waals surface area contributed by atoms with E-state index >= 15 is 0 Å². The van der Waals surface area contributed by atoms with E-state index in [2.05, 4.69) is 4.90 Å². The minimum Gasteiger partial charge on any atom is -0.491 e. The van der Waals surface area contributed by atoms with Crippen molar-refractivity contribution in [3.8, 4) is 34.1 Å². The molecule has 10 nitrogen and oxygen atoms in total. The number of nitrogens with zero attached hydrogens (tertiary/aromatic N) is 1. The average molecular weight is 739 g/mol. The van der Waals surface area contributed by atoms with E-state index in [1.165, 1.54) is 12.1 Å². The second-order valence-corrected chi connectivity index (χ2v) is 12.9. The summed E-state index contributed by atoms with van der Waals surface area (Å²) in [4.78, 5) is 27.3. The molecule has 0 spiro atoms. The highest BCUT2D eigenvalue weighted by Crippen LogP contribution is 2.26. The lowest BCUT2D eigenvalue weighted by Gasteiger charge is -2.22. The maximum atomic E-state index is 12.5. The summed E-state index contributed by atoms with van der Waals surface area (Å²) < 4.78 is 35.5. The minimum absolute atomic E-state index is 0.0737. The van der Waals surface area contributed by atoms with Crippen molar-refractivity contribution in [2.24, 2.45) is 0 Å². The van der Waals surface area contributed by atoms with Crippen LogP contribution in [0.3, 0.4) is 0 Å². The molecule has 55 heavy (non-hydrogen) atoms. The van der Waals surface area contributed by atoms with Gasteiger partial charge in [-0.1, -0.05) is 36.4 Å². The summed E-state index contributed by atoms with van der Waals surface area (Å²) in [7, 11) is 0. The fourth-order valence-corrected chi connectivity index (χ4v) is 6.10. The molecular formula is C45H42N2O8. The molecule has 0 saturated heterocycles. The molecule has 10 heteroatoms. The second kappa shape index (κ2) is 18.2. The van der Waals surface area contributed by atoms with Crippen molar-refractivity contribution in [3.63, 3.8) is 0 Å². The van der Waals surface area contributed by atoms with E-state index in [1.54, 1.807) is 24.3 Å². The maximum absolute atomic E-state index is 12.5. The molecule has 0 aliphatic carbocycles. The highest BCUT2D eigenvalue weighted by atomic mass is 16.5. The first-order chi connectivity index (χ1) is 27.0. The van der Waals surface area contributed by atoms with Gasteiger partial charge in [-0.15, -0.1) is 0 Å². The third kappa shape index (κ3) is 10.1. The normalized spacial score (nSPS) is 11.4. The van der Waals surface area contributed by atoms with Gasteiger partial charge in [-0.05, 0) is 90.5 Å². The Balaban J connectivity index is 0.822. The zero-order chi connectivity index (χ0) is 37.8. The van der Waals surface area contributed by atoms with Crippen LogP contribution < -0.4 is 26.1 Å². The highest BCUT2D eigenvalue weighted by molar-refractivity contribution is 5.79. The Bertz CT molecular complexity index is 2270. The van der Waals surface area contributed by atoms with Crippen molar-refractivity contribution in [3.05, 3.63) is 159 Å². The molecule has 5 aromatic carbocycles. The van der Waals surface area contributed by atoms with Crippen molar-refractivity contribution in [1.29, 1.82) is 0 Å². The van der Waals surface area contributed by atoms with Crippen LogP contribution in [0, 0.1) is 0 Å². The molecule has 0 atom stereocenters. The molecule has 7 rings (SSSR count). The van der Waals surface area contributed by atoms with Crippen LogP contribution in [0.5, 0.6) is 11.5 Å². The molecule has 2 aromatic heterocycles. The largest absolute Gasteiger partial charge is 0.491 e. The van der Waals surface area contributed by atoms with Crippen LogP contribution >= 0.6 is 0 Å². The van der Waals surface area contributed by atoms with E-state index in [4.69, 9.17) is 33.5 Å². The van der Waals surface area contributed by atoms with Gasteiger partial charge in [0.25, 0.3) is 0 Å². The molecule has 280 valence electrons. The topological polar surface area (TPSA) is 127 Å². The number of benzene rings is 5. The Kier molecular flexibility index (Phi) is 12.3. The number of rotatable bonds is 18. The van der Waals surface area contributed by atoms with Crippen LogP contribution in [0.15, 0.2) is 152 Å². The Morgan fingerprint density at radius 3 is 1.44 bits per heavy atom. The number of hydrogen-bond acceptors (Lipinski definition) is 10. The third-order valence-corrected chi connectivity index (χ3v) is 9.03. The van der Waals surface area contributed by atoms with Gasteiger partial charge in [-0.3, -0.25) is 14.5 Å².